The molecule has 3 rings (SSSR count). The first-order chi connectivity index (χ1) is 8.58. The van der Waals surface area contributed by atoms with Crippen molar-refractivity contribution < 1.29 is 18.3 Å². The van der Waals surface area contributed by atoms with Gasteiger partial charge in [-0.15, -0.1) is 0 Å². The van der Waals surface area contributed by atoms with E-state index in [-0.39, 0.29) is 24.2 Å². The number of hydrogen-bond acceptors (Lipinski definition) is 3. The predicted molar refractivity (Wildman–Crippen MR) is 59.3 cm³/mol. The molecule has 2 aliphatic heterocycles. The van der Waals surface area contributed by atoms with Gasteiger partial charge in [-0.2, -0.15) is 4.39 Å². The van der Waals surface area contributed by atoms with Crippen LogP contribution in [0.1, 0.15) is 24.8 Å². The minimum atomic E-state index is -1.08. The topological polar surface area (TPSA) is 39.2 Å². The molecular weight excluding hydrogens is 240 g/mol. The molecule has 3 nitrogen and oxygen atoms in total. The Hall–Kier alpha value is -1.36. The van der Waals surface area contributed by atoms with Crippen LogP contribution in [0.2, 0.25) is 0 Å². The third-order valence-corrected chi connectivity index (χ3v) is 3.89. The Balaban J connectivity index is 2.00. The first-order valence-corrected chi connectivity index (χ1v) is 5.99. The van der Waals surface area contributed by atoms with Gasteiger partial charge in [-0.05, 0) is 24.6 Å². The molecule has 3 heterocycles. The number of Topliss-reactive ketones (excluding diaryl/α,β-unsaturated/α-hetero) is 1. The van der Waals surface area contributed by atoms with E-state index in [0.29, 0.717) is 5.56 Å². The summed E-state index contributed by atoms with van der Waals surface area (Å²) in [5, 5.41) is 0. The van der Waals surface area contributed by atoms with Crippen molar-refractivity contribution in [2.45, 2.75) is 37.6 Å². The molecule has 0 N–H and O–H groups in total. The van der Waals surface area contributed by atoms with E-state index >= 15 is 0 Å². The number of alkyl halides is 1. The summed E-state index contributed by atoms with van der Waals surface area (Å²) < 4.78 is 32.4. The van der Waals surface area contributed by atoms with Gasteiger partial charge in [0.05, 0.1) is 18.1 Å². The van der Waals surface area contributed by atoms with Crippen molar-refractivity contribution >= 4 is 5.78 Å². The lowest BCUT2D eigenvalue weighted by atomic mass is 9.73. The summed E-state index contributed by atoms with van der Waals surface area (Å²) in [4.78, 5) is 15.2. The van der Waals surface area contributed by atoms with Gasteiger partial charge in [0.15, 0.2) is 0 Å². The Bertz CT molecular complexity index is 494. The molecule has 0 amide bonds. The fraction of sp³-hybridized carbons (Fsp3) is 0.538. The highest BCUT2D eigenvalue weighted by atomic mass is 19.1. The summed E-state index contributed by atoms with van der Waals surface area (Å²) in [7, 11) is 0. The number of carbonyl (C=O) groups is 1. The van der Waals surface area contributed by atoms with E-state index in [1.807, 2.05) is 0 Å². The minimum absolute atomic E-state index is 0.0309. The van der Waals surface area contributed by atoms with Gasteiger partial charge in [-0.3, -0.25) is 4.79 Å². The second kappa shape index (κ2) is 4.09. The number of ether oxygens (including phenoxy) is 1. The number of hydrogen-bond donors (Lipinski definition) is 0. The lowest BCUT2D eigenvalue weighted by molar-refractivity contribution is -0.122. The van der Waals surface area contributed by atoms with Gasteiger partial charge in [0.1, 0.15) is 12.0 Å². The van der Waals surface area contributed by atoms with Crippen LogP contribution in [-0.4, -0.2) is 29.1 Å². The monoisotopic (exact) mass is 253 g/mol. The SMILES string of the molecule is CC(=O)C1C2CC(F)C(O2)C1c1ccnc(F)c1. The van der Waals surface area contributed by atoms with Crippen molar-refractivity contribution in [1.29, 1.82) is 0 Å². The molecule has 2 bridgehead atoms. The zero-order chi connectivity index (χ0) is 12.9. The van der Waals surface area contributed by atoms with Crippen molar-refractivity contribution in [3.05, 3.63) is 29.8 Å². The highest BCUT2D eigenvalue weighted by molar-refractivity contribution is 5.81. The van der Waals surface area contributed by atoms with Gasteiger partial charge in [-0.25, -0.2) is 9.37 Å². The molecule has 96 valence electrons. The molecule has 1 aromatic rings. The molecule has 0 aliphatic carbocycles. The summed E-state index contributed by atoms with van der Waals surface area (Å²) in [5.41, 5.74) is 0.595. The molecule has 0 spiro atoms. The first-order valence-electron chi connectivity index (χ1n) is 5.99. The Morgan fingerprint density at radius 3 is 3.00 bits per heavy atom. The van der Waals surface area contributed by atoms with Gasteiger partial charge in [0, 0.05) is 18.5 Å². The van der Waals surface area contributed by atoms with Crippen LogP contribution in [0.15, 0.2) is 18.3 Å². The van der Waals surface area contributed by atoms with Crippen molar-refractivity contribution in [3.8, 4) is 0 Å². The molecule has 0 radical (unpaired) electrons. The molecule has 18 heavy (non-hydrogen) atoms. The number of nitrogens with zero attached hydrogens (tertiary/aromatic N) is 1. The summed E-state index contributed by atoms with van der Waals surface area (Å²) in [6.45, 7) is 1.48. The Morgan fingerprint density at radius 1 is 1.56 bits per heavy atom. The van der Waals surface area contributed by atoms with Crippen LogP contribution in [0.3, 0.4) is 0 Å². The number of pyridine rings is 1. The van der Waals surface area contributed by atoms with Crippen LogP contribution < -0.4 is 0 Å². The highest BCUT2D eigenvalue weighted by Crippen LogP contribution is 2.50. The third-order valence-electron chi connectivity index (χ3n) is 3.89. The summed E-state index contributed by atoms with van der Waals surface area (Å²) in [5.74, 6) is -1.41. The van der Waals surface area contributed by atoms with Crippen molar-refractivity contribution in [1.82, 2.24) is 4.98 Å². The van der Waals surface area contributed by atoms with Gasteiger partial charge in [0.25, 0.3) is 0 Å². The summed E-state index contributed by atoms with van der Waals surface area (Å²) >= 11 is 0. The maximum atomic E-state index is 13.7. The van der Waals surface area contributed by atoms with E-state index in [1.165, 1.54) is 19.2 Å². The molecule has 0 aromatic carbocycles. The van der Waals surface area contributed by atoms with Crippen LogP contribution in [0.5, 0.6) is 0 Å². The predicted octanol–water partition coefficient (Wildman–Crippen LogP) is 2.02. The second-order valence-corrected chi connectivity index (χ2v) is 4.96. The van der Waals surface area contributed by atoms with E-state index in [2.05, 4.69) is 4.98 Å². The first kappa shape index (κ1) is 11.7. The lowest BCUT2D eigenvalue weighted by Gasteiger charge is -2.28. The van der Waals surface area contributed by atoms with Crippen LogP contribution in [0.25, 0.3) is 0 Å². The quantitative estimate of drug-likeness (QED) is 0.757. The zero-order valence-corrected chi connectivity index (χ0v) is 9.85. The Morgan fingerprint density at radius 2 is 2.33 bits per heavy atom. The molecule has 2 fully saturated rings. The normalized spacial score (nSPS) is 38.1. The fourth-order valence-electron chi connectivity index (χ4n) is 3.21. The van der Waals surface area contributed by atoms with E-state index in [9.17, 15) is 13.6 Å². The zero-order valence-electron chi connectivity index (χ0n) is 9.85. The van der Waals surface area contributed by atoms with Crippen LogP contribution in [0, 0.1) is 11.9 Å². The standard InChI is InChI=1S/C13H13F2NO2/c1-6(17)11-9-5-8(14)13(18-9)12(11)7-2-3-16-10(15)4-7/h2-4,8-9,11-13H,5H2,1H3. The smallest absolute Gasteiger partial charge is 0.213 e. The van der Waals surface area contributed by atoms with Gasteiger partial charge < -0.3 is 4.74 Å². The molecule has 5 heteroatoms. The maximum Gasteiger partial charge on any atom is 0.213 e. The number of fused-ring (bicyclic) bond motifs is 2. The Labute approximate surface area is 103 Å². The number of ketones is 1. The number of aromatic nitrogens is 1. The summed E-state index contributed by atoms with van der Waals surface area (Å²) in [6.07, 6.45) is -0.485. The molecular formula is C13H13F2NO2. The Kier molecular flexibility index (Phi) is 2.66. The molecule has 0 saturated carbocycles. The molecule has 5 unspecified atom stereocenters. The third kappa shape index (κ3) is 1.65. The van der Waals surface area contributed by atoms with Crippen LogP contribution in [0.4, 0.5) is 8.78 Å². The highest BCUT2D eigenvalue weighted by Gasteiger charge is 2.56. The van der Waals surface area contributed by atoms with Gasteiger partial charge in [-0.1, -0.05) is 0 Å². The fourth-order valence-corrected chi connectivity index (χ4v) is 3.21. The minimum Gasteiger partial charge on any atom is -0.370 e. The average molecular weight is 253 g/mol. The van der Waals surface area contributed by atoms with E-state index < -0.39 is 24.1 Å². The largest absolute Gasteiger partial charge is 0.370 e. The second-order valence-electron chi connectivity index (χ2n) is 4.96. The van der Waals surface area contributed by atoms with Crippen LogP contribution in [-0.2, 0) is 9.53 Å². The molecule has 5 atom stereocenters. The van der Waals surface area contributed by atoms with Gasteiger partial charge >= 0.3 is 0 Å². The van der Waals surface area contributed by atoms with E-state index in [1.54, 1.807) is 6.07 Å². The van der Waals surface area contributed by atoms with E-state index in [0.717, 1.165) is 0 Å². The molecule has 2 saturated heterocycles. The van der Waals surface area contributed by atoms with Crippen LogP contribution >= 0.6 is 0 Å². The van der Waals surface area contributed by atoms with Crippen molar-refractivity contribution in [2.24, 2.45) is 5.92 Å². The number of rotatable bonds is 2. The number of halogens is 2. The number of carbonyl (C=O) groups excluding carboxylic acids is 1. The van der Waals surface area contributed by atoms with Gasteiger partial charge in [0.2, 0.25) is 5.95 Å². The average Bonchev–Trinajstić information content (AvgIpc) is 2.84. The van der Waals surface area contributed by atoms with E-state index in [4.69, 9.17) is 4.74 Å². The lowest BCUT2D eigenvalue weighted by Crippen LogP contribution is -2.36. The van der Waals surface area contributed by atoms with Crippen molar-refractivity contribution in [3.63, 3.8) is 0 Å². The van der Waals surface area contributed by atoms with Crippen molar-refractivity contribution in [2.75, 3.05) is 0 Å². The molecule has 2 aliphatic rings. The molecule has 1 aromatic heterocycles. The summed E-state index contributed by atoms with van der Waals surface area (Å²) in [6, 6.07) is 2.89. The maximum absolute atomic E-state index is 13.7.